The molecule has 6 heteroatoms. The van der Waals surface area contributed by atoms with E-state index in [-0.39, 0.29) is 12.5 Å². The van der Waals surface area contributed by atoms with Crippen molar-refractivity contribution in [2.75, 3.05) is 39.3 Å². The minimum Gasteiger partial charge on any atom is -0.484 e. The van der Waals surface area contributed by atoms with Gasteiger partial charge in [0.25, 0.3) is 11.8 Å². The predicted octanol–water partition coefficient (Wildman–Crippen LogP) is 1.55. The summed E-state index contributed by atoms with van der Waals surface area (Å²) in [5, 5.41) is 0. The lowest BCUT2D eigenvalue weighted by atomic mass is 10.1. The van der Waals surface area contributed by atoms with Crippen molar-refractivity contribution in [3.8, 4) is 5.75 Å². The van der Waals surface area contributed by atoms with Crippen LogP contribution in [0.2, 0.25) is 0 Å². The minimum atomic E-state index is -0.543. The predicted molar refractivity (Wildman–Crippen MR) is 104 cm³/mol. The molecule has 0 aliphatic carbocycles. The molecule has 6 nitrogen and oxygen atoms in total. The molecule has 0 radical (unpaired) electrons. The van der Waals surface area contributed by atoms with Crippen LogP contribution in [0, 0.1) is 0 Å². The molecule has 0 unspecified atom stereocenters. The fourth-order valence-electron chi connectivity index (χ4n) is 3.16. The average Bonchev–Trinajstić information content (AvgIpc) is 2.71. The first-order valence-corrected chi connectivity index (χ1v) is 9.18. The van der Waals surface area contributed by atoms with Gasteiger partial charge in [0.2, 0.25) is 0 Å². The molecule has 142 valence electrons. The van der Waals surface area contributed by atoms with E-state index in [1.54, 1.807) is 24.3 Å². The van der Waals surface area contributed by atoms with E-state index in [1.807, 2.05) is 11.0 Å². The van der Waals surface area contributed by atoms with Crippen molar-refractivity contribution in [2.24, 2.45) is 5.73 Å². The summed E-state index contributed by atoms with van der Waals surface area (Å²) < 4.78 is 5.28. The zero-order valence-corrected chi connectivity index (χ0v) is 15.3. The summed E-state index contributed by atoms with van der Waals surface area (Å²) in [4.78, 5) is 27.8. The zero-order chi connectivity index (χ0) is 19.1. The molecular formula is C21H25N3O3. The van der Waals surface area contributed by atoms with Crippen LogP contribution >= 0.6 is 0 Å². The maximum Gasteiger partial charge on any atom is 0.255 e. The Morgan fingerprint density at radius 1 is 0.963 bits per heavy atom. The van der Waals surface area contributed by atoms with Crippen molar-refractivity contribution in [3.05, 3.63) is 65.7 Å². The number of carbonyl (C=O) groups is 2. The lowest BCUT2D eigenvalue weighted by Crippen LogP contribution is -2.49. The molecule has 2 amide bonds. The molecule has 2 aromatic carbocycles. The Morgan fingerprint density at radius 3 is 2.41 bits per heavy atom. The first kappa shape index (κ1) is 18.9. The van der Waals surface area contributed by atoms with E-state index in [2.05, 4.69) is 29.2 Å². The Balaban J connectivity index is 1.49. The van der Waals surface area contributed by atoms with Gasteiger partial charge in [-0.15, -0.1) is 0 Å². The molecule has 2 N–H and O–H groups in total. The van der Waals surface area contributed by atoms with Gasteiger partial charge in [-0.1, -0.05) is 36.4 Å². The number of hydrogen-bond donors (Lipinski definition) is 1. The van der Waals surface area contributed by atoms with Gasteiger partial charge in [-0.2, -0.15) is 0 Å². The average molecular weight is 367 g/mol. The lowest BCUT2D eigenvalue weighted by Gasteiger charge is -2.34. The third-order valence-electron chi connectivity index (χ3n) is 4.68. The number of amides is 2. The molecule has 3 rings (SSSR count). The molecular weight excluding hydrogens is 342 g/mol. The van der Waals surface area contributed by atoms with Crippen LogP contribution in [-0.2, 0) is 11.2 Å². The van der Waals surface area contributed by atoms with E-state index in [0.717, 1.165) is 26.1 Å². The van der Waals surface area contributed by atoms with Crippen LogP contribution in [0.15, 0.2) is 54.6 Å². The molecule has 0 spiro atoms. The topological polar surface area (TPSA) is 75.9 Å². The van der Waals surface area contributed by atoms with Crippen LogP contribution in [0.1, 0.15) is 15.9 Å². The van der Waals surface area contributed by atoms with Gasteiger partial charge >= 0.3 is 0 Å². The number of primary amides is 1. The SMILES string of the molecule is NC(=O)COc1cccc(C(=O)N2CCN(CCc3ccccc3)CC2)c1. The van der Waals surface area contributed by atoms with Crippen LogP contribution in [0.25, 0.3) is 0 Å². The van der Waals surface area contributed by atoms with Gasteiger partial charge in [0.05, 0.1) is 0 Å². The number of piperazine rings is 1. The molecule has 1 aliphatic heterocycles. The summed E-state index contributed by atoms with van der Waals surface area (Å²) in [6.45, 7) is 3.97. The van der Waals surface area contributed by atoms with E-state index in [1.165, 1.54) is 5.56 Å². The second kappa shape index (κ2) is 9.19. The van der Waals surface area contributed by atoms with Gasteiger partial charge in [0.1, 0.15) is 5.75 Å². The highest BCUT2D eigenvalue weighted by atomic mass is 16.5. The normalized spacial score (nSPS) is 14.7. The van der Waals surface area contributed by atoms with E-state index in [9.17, 15) is 9.59 Å². The number of hydrogen-bond acceptors (Lipinski definition) is 4. The van der Waals surface area contributed by atoms with Crippen molar-refractivity contribution in [3.63, 3.8) is 0 Å². The monoisotopic (exact) mass is 367 g/mol. The molecule has 1 aliphatic rings. The fourth-order valence-corrected chi connectivity index (χ4v) is 3.16. The minimum absolute atomic E-state index is 0.0118. The van der Waals surface area contributed by atoms with Gasteiger partial charge in [-0.05, 0) is 30.2 Å². The third kappa shape index (κ3) is 5.56. The smallest absolute Gasteiger partial charge is 0.255 e. The molecule has 27 heavy (non-hydrogen) atoms. The lowest BCUT2D eigenvalue weighted by molar-refractivity contribution is -0.119. The van der Waals surface area contributed by atoms with Crippen molar-refractivity contribution < 1.29 is 14.3 Å². The summed E-state index contributed by atoms with van der Waals surface area (Å²) in [5.74, 6) is -0.0817. The van der Waals surface area contributed by atoms with Crippen molar-refractivity contribution in [2.45, 2.75) is 6.42 Å². The standard InChI is InChI=1S/C21H25N3O3/c22-20(25)16-27-19-8-4-7-18(15-19)21(26)24-13-11-23(12-14-24)10-9-17-5-2-1-3-6-17/h1-8,15H,9-14,16H2,(H2,22,25). The summed E-state index contributed by atoms with van der Waals surface area (Å²) in [7, 11) is 0. The van der Waals surface area contributed by atoms with Gasteiger partial charge in [-0.25, -0.2) is 0 Å². The van der Waals surface area contributed by atoms with Gasteiger partial charge in [0.15, 0.2) is 6.61 Å². The summed E-state index contributed by atoms with van der Waals surface area (Å²) >= 11 is 0. The number of benzene rings is 2. The van der Waals surface area contributed by atoms with Crippen LogP contribution in [0.4, 0.5) is 0 Å². The molecule has 0 atom stereocenters. The highest BCUT2D eigenvalue weighted by Gasteiger charge is 2.22. The van der Waals surface area contributed by atoms with Crippen LogP contribution in [0.5, 0.6) is 5.75 Å². The van der Waals surface area contributed by atoms with E-state index in [0.29, 0.717) is 24.4 Å². The zero-order valence-electron chi connectivity index (χ0n) is 15.3. The Morgan fingerprint density at radius 2 is 1.70 bits per heavy atom. The van der Waals surface area contributed by atoms with Gasteiger partial charge in [-0.3, -0.25) is 14.5 Å². The molecule has 0 saturated carbocycles. The number of nitrogens with zero attached hydrogens (tertiary/aromatic N) is 2. The molecule has 1 fully saturated rings. The molecule has 1 heterocycles. The number of carbonyl (C=O) groups excluding carboxylic acids is 2. The van der Waals surface area contributed by atoms with E-state index in [4.69, 9.17) is 10.5 Å². The maximum atomic E-state index is 12.7. The van der Waals surface area contributed by atoms with Crippen molar-refractivity contribution in [1.29, 1.82) is 0 Å². The second-order valence-corrected chi connectivity index (χ2v) is 6.65. The fraction of sp³-hybridized carbons (Fsp3) is 0.333. The van der Waals surface area contributed by atoms with Gasteiger partial charge in [0, 0.05) is 38.3 Å². The van der Waals surface area contributed by atoms with Crippen LogP contribution < -0.4 is 10.5 Å². The Kier molecular flexibility index (Phi) is 6.44. The molecule has 0 bridgehead atoms. The molecule has 1 saturated heterocycles. The molecule has 0 aromatic heterocycles. The first-order chi connectivity index (χ1) is 13.1. The van der Waals surface area contributed by atoms with E-state index >= 15 is 0 Å². The number of ether oxygens (including phenoxy) is 1. The maximum absolute atomic E-state index is 12.7. The Hall–Kier alpha value is -2.86. The highest BCUT2D eigenvalue weighted by Crippen LogP contribution is 2.16. The van der Waals surface area contributed by atoms with Crippen LogP contribution in [0.3, 0.4) is 0 Å². The Labute approximate surface area is 159 Å². The van der Waals surface area contributed by atoms with Crippen molar-refractivity contribution >= 4 is 11.8 Å². The van der Waals surface area contributed by atoms with E-state index < -0.39 is 5.91 Å². The second-order valence-electron chi connectivity index (χ2n) is 6.65. The van der Waals surface area contributed by atoms with Gasteiger partial charge < -0.3 is 15.4 Å². The number of rotatable bonds is 7. The summed E-state index contributed by atoms with van der Waals surface area (Å²) in [6.07, 6.45) is 1.02. The van der Waals surface area contributed by atoms with Crippen molar-refractivity contribution in [1.82, 2.24) is 9.80 Å². The first-order valence-electron chi connectivity index (χ1n) is 9.18. The summed E-state index contributed by atoms with van der Waals surface area (Å²) in [5.41, 5.74) is 6.99. The largest absolute Gasteiger partial charge is 0.484 e. The summed E-state index contributed by atoms with van der Waals surface area (Å²) in [6, 6.07) is 17.3. The Bertz CT molecular complexity index is 771. The molecule has 2 aromatic rings. The third-order valence-corrected chi connectivity index (χ3v) is 4.68. The van der Waals surface area contributed by atoms with Crippen LogP contribution in [-0.4, -0.2) is 60.9 Å². The quantitative estimate of drug-likeness (QED) is 0.806. The number of nitrogens with two attached hydrogens (primary N) is 1. The highest BCUT2D eigenvalue weighted by molar-refractivity contribution is 5.94.